The smallest absolute Gasteiger partial charge is 0.494 e. The fourth-order valence-electron chi connectivity index (χ4n) is 4.98. The second-order valence-corrected chi connectivity index (χ2v) is 11.3. The van der Waals surface area contributed by atoms with Crippen molar-refractivity contribution in [2.24, 2.45) is 0 Å². The van der Waals surface area contributed by atoms with Gasteiger partial charge in [-0.1, -0.05) is 60.7 Å². The first-order valence-corrected chi connectivity index (χ1v) is 13.4. The number of fused-ring (bicyclic) bond motifs is 1. The van der Waals surface area contributed by atoms with Gasteiger partial charge in [0.1, 0.15) is 0 Å². The average Bonchev–Trinajstić information content (AvgIpc) is 3.21. The molecule has 1 aliphatic heterocycles. The van der Waals surface area contributed by atoms with Crippen molar-refractivity contribution in [1.29, 1.82) is 0 Å². The molecule has 0 atom stereocenters. The van der Waals surface area contributed by atoms with Crippen LogP contribution in [0.4, 0.5) is 0 Å². The molecule has 5 aromatic rings. The first-order chi connectivity index (χ1) is 19.9. The molecule has 1 aliphatic rings. The molecule has 5 N–H and O–H groups in total. The summed E-state index contributed by atoms with van der Waals surface area (Å²) in [5, 5.41) is 51.7. The zero-order chi connectivity index (χ0) is 30.0. The summed E-state index contributed by atoms with van der Waals surface area (Å²) in [5.74, 6) is -3.94. The molecule has 4 aromatic carbocycles. The van der Waals surface area contributed by atoms with E-state index in [1.807, 2.05) is 82.3 Å². The fourth-order valence-corrected chi connectivity index (χ4v) is 4.98. The lowest BCUT2D eigenvalue weighted by Crippen LogP contribution is -2.41. The highest BCUT2D eigenvalue weighted by molar-refractivity contribution is 6.62. The van der Waals surface area contributed by atoms with Crippen LogP contribution in [-0.2, 0) is 9.31 Å². The van der Waals surface area contributed by atoms with Gasteiger partial charge in [-0.3, -0.25) is 0 Å². The quantitative estimate of drug-likeness (QED) is 0.109. The van der Waals surface area contributed by atoms with Crippen molar-refractivity contribution in [1.82, 2.24) is 9.97 Å². The lowest BCUT2D eigenvalue weighted by atomic mass is 9.79. The van der Waals surface area contributed by atoms with Crippen molar-refractivity contribution in [2.45, 2.75) is 38.9 Å². The zero-order valence-electron chi connectivity index (χ0n) is 23.5. The maximum Gasteiger partial charge on any atom is 0.494 e. The summed E-state index contributed by atoms with van der Waals surface area (Å²) in [6.07, 6.45) is 0. The van der Waals surface area contributed by atoms with Crippen LogP contribution in [0.5, 0.6) is 28.7 Å². The second-order valence-electron chi connectivity index (χ2n) is 11.3. The number of rotatable bonds is 4. The van der Waals surface area contributed by atoms with E-state index in [9.17, 15) is 25.5 Å². The first kappa shape index (κ1) is 27.4. The Labute approximate surface area is 242 Å². The van der Waals surface area contributed by atoms with Crippen LogP contribution < -0.4 is 5.46 Å². The van der Waals surface area contributed by atoms with Crippen LogP contribution in [0.3, 0.4) is 0 Å². The van der Waals surface area contributed by atoms with Crippen molar-refractivity contribution >= 4 is 23.5 Å². The van der Waals surface area contributed by atoms with Crippen LogP contribution in [0, 0.1) is 0 Å². The van der Waals surface area contributed by atoms with Crippen molar-refractivity contribution in [3.8, 4) is 62.5 Å². The Balaban J connectivity index is 1.43. The summed E-state index contributed by atoms with van der Waals surface area (Å²) in [6, 6.07) is 22.0. The molecule has 6 rings (SSSR count). The predicted octanol–water partition coefficient (Wildman–Crippen LogP) is 5.46. The van der Waals surface area contributed by atoms with Gasteiger partial charge < -0.3 is 34.8 Å². The van der Waals surface area contributed by atoms with E-state index in [2.05, 4.69) is 0 Å². The highest BCUT2D eigenvalue weighted by Crippen LogP contribution is 2.55. The number of para-hydroxylation sites is 1. The fraction of sp³-hybridized carbons (Fsp3) is 0.188. The van der Waals surface area contributed by atoms with Gasteiger partial charge in [0, 0.05) is 16.5 Å². The van der Waals surface area contributed by atoms with Crippen molar-refractivity contribution < 1.29 is 34.8 Å². The van der Waals surface area contributed by atoms with Crippen LogP contribution in [-0.4, -0.2) is 53.8 Å². The number of benzene rings is 4. The number of aromatic hydroxyl groups is 5. The summed E-state index contributed by atoms with van der Waals surface area (Å²) >= 11 is 0. The number of phenols is 5. The third-order valence-electron chi connectivity index (χ3n) is 8.09. The van der Waals surface area contributed by atoms with E-state index in [1.54, 1.807) is 18.2 Å². The maximum atomic E-state index is 10.5. The predicted molar refractivity (Wildman–Crippen MR) is 160 cm³/mol. The van der Waals surface area contributed by atoms with Crippen molar-refractivity contribution in [3.05, 3.63) is 72.8 Å². The molecule has 0 saturated carbocycles. The molecule has 0 bridgehead atoms. The minimum atomic E-state index is -1.01. The zero-order valence-corrected chi connectivity index (χ0v) is 23.5. The van der Waals surface area contributed by atoms with E-state index < -0.39 is 47.1 Å². The molecule has 2 heterocycles. The van der Waals surface area contributed by atoms with Gasteiger partial charge in [0.05, 0.1) is 28.0 Å². The van der Waals surface area contributed by atoms with Crippen LogP contribution >= 0.6 is 0 Å². The van der Waals surface area contributed by atoms with Gasteiger partial charge >= 0.3 is 7.12 Å². The van der Waals surface area contributed by atoms with E-state index >= 15 is 0 Å². The number of nitrogens with zero attached hydrogens (tertiary/aromatic N) is 2. The van der Waals surface area contributed by atoms with Gasteiger partial charge in [-0.05, 0) is 50.9 Å². The Hall–Kier alpha value is -4.80. The van der Waals surface area contributed by atoms with E-state index in [1.165, 1.54) is 0 Å². The Morgan fingerprint density at radius 3 is 1.81 bits per heavy atom. The molecule has 9 nitrogen and oxygen atoms in total. The Kier molecular flexibility index (Phi) is 6.29. The van der Waals surface area contributed by atoms with E-state index in [0.717, 1.165) is 16.4 Å². The minimum Gasteiger partial charge on any atom is -0.504 e. The van der Waals surface area contributed by atoms with E-state index in [4.69, 9.17) is 19.3 Å². The van der Waals surface area contributed by atoms with Crippen molar-refractivity contribution in [3.63, 3.8) is 0 Å². The Bertz CT molecular complexity index is 1810. The van der Waals surface area contributed by atoms with Gasteiger partial charge in [-0.15, -0.1) is 0 Å². The number of hydrogen-bond donors (Lipinski definition) is 5. The molecule has 0 spiro atoms. The molecule has 1 fully saturated rings. The summed E-state index contributed by atoms with van der Waals surface area (Å²) in [4.78, 5) is 9.71. The Morgan fingerprint density at radius 1 is 0.595 bits per heavy atom. The lowest BCUT2D eigenvalue weighted by Gasteiger charge is -2.32. The highest BCUT2D eigenvalue weighted by Gasteiger charge is 2.51. The van der Waals surface area contributed by atoms with Crippen LogP contribution in [0.25, 0.3) is 44.7 Å². The standard InChI is InChI=1S/C32H29BN2O7/c1-31(2)32(3,4)42-33(41-31)20-14-12-17(13-15-20)30-34-22-11-6-5-10-21(22)24(35-30)19-9-7-8-18(16-19)23-25(36)27(38)29(40)28(39)26(23)37/h5-16,36-40H,1-4H3. The molecule has 0 unspecified atom stereocenters. The van der Waals surface area contributed by atoms with Crippen LogP contribution in [0.15, 0.2) is 72.8 Å². The maximum absolute atomic E-state index is 10.5. The lowest BCUT2D eigenvalue weighted by molar-refractivity contribution is 0.00578. The average molecular weight is 564 g/mol. The van der Waals surface area contributed by atoms with E-state index in [-0.39, 0.29) is 11.1 Å². The molecule has 1 aromatic heterocycles. The topological polar surface area (TPSA) is 145 Å². The third-order valence-corrected chi connectivity index (χ3v) is 8.09. The number of phenolic OH excluding ortho intramolecular Hbond substituents is 5. The molecular weight excluding hydrogens is 535 g/mol. The molecular formula is C32H29BN2O7. The minimum absolute atomic E-state index is 0.235. The van der Waals surface area contributed by atoms with Gasteiger partial charge in [-0.2, -0.15) is 0 Å². The summed E-state index contributed by atoms with van der Waals surface area (Å²) in [5.41, 5.74) is 2.74. The molecule has 42 heavy (non-hydrogen) atoms. The Morgan fingerprint density at radius 2 is 1.17 bits per heavy atom. The SMILES string of the molecule is CC1(C)OB(c2ccc(-c3nc(-c4cccc(-c5c(O)c(O)c(O)c(O)c5O)c4)c4ccccc4n3)cc2)OC1(C)C. The van der Waals surface area contributed by atoms with Gasteiger partial charge in [0.2, 0.25) is 17.2 Å². The van der Waals surface area contributed by atoms with Crippen LogP contribution in [0.2, 0.25) is 0 Å². The molecule has 10 heteroatoms. The monoisotopic (exact) mass is 564 g/mol. The van der Waals surface area contributed by atoms with Crippen LogP contribution in [0.1, 0.15) is 27.7 Å². The number of aromatic nitrogens is 2. The second kappa shape index (κ2) is 9.65. The molecule has 0 radical (unpaired) electrons. The first-order valence-electron chi connectivity index (χ1n) is 13.4. The third kappa shape index (κ3) is 4.36. The van der Waals surface area contributed by atoms with Gasteiger partial charge in [0.25, 0.3) is 0 Å². The van der Waals surface area contributed by atoms with Crippen molar-refractivity contribution in [2.75, 3.05) is 0 Å². The summed E-state index contributed by atoms with van der Waals surface area (Å²) in [7, 11) is -0.494. The molecule has 0 amide bonds. The molecule has 212 valence electrons. The van der Waals surface area contributed by atoms with E-state index in [0.29, 0.717) is 22.6 Å². The summed E-state index contributed by atoms with van der Waals surface area (Å²) < 4.78 is 12.4. The van der Waals surface area contributed by atoms with Gasteiger partial charge in [0.15, 0.2) is 17.3 Å². The molecule has 1 saturated heterocycles. The normalized spacial score (nSPS) is 15.8. The summed E-state index contributed by atoms with van der Waals surface area (Å²) in [6.45, 7) is 8.04. The number of hydrogen-bond acceptors (Lipinski definition) is 9. The molecule has 0 aliphatic carbocycles. The largest absolute Gasteiger partial charge is 0.504 e. The van der Waals surface area contributed by atoms with Gasteiger partial charge in [-0.25, -0.2) is 9.97 Å². The highest BCUT2D eigenvalue weighted by atomic mass is 16.7.